The summed E-state index contributed by atoms with van der Waals surface area (Å²) in [6, 6.07) is 7.98. The highest BCUT2D eigenvalue weighted by Gasteiger charge is 2.38. The van der Waals surface area contributed by atoms with E-state index in [0.29, 0.717) is 13.2 Å². The number of hydrogen-bond acceptors (Lipinski definition) is 3. The van der Waals surface area contributed by atoms with E-state index < -0.39 is 8.32 Å². The fraction of sp³-hybridized carbons (Fsp3) is 0.600. The van der Waals surface area contributed by atoms with Crippen LogP contribution in [-0.4, -0.2) is 28.1 Å². The van der Waals surface area contributed by atoms with Crippen LogP contribution in [0.15, 0.2) is 36.9 Å². The minimum Gasteiger partial charge on any atom is -0.497 e. The molecule has 1 atom stereocenters. The summed E-state index contributed by atoms with van der Waals surface area (Å²) in [5.41, 5.74) is 1.15. The van der Waals surface area contributed by atoms with Gasteiger partial charge in [0.15, 0.2) is 8.32 Å². The van der Waals surface area contributed by atoms with Crippen molar-refractivity contribution in [2.75, 3.05) is 13.7 Å². The van der Waals surface area contributed by atoms with Crippen LogP contribution in [-0.2, 0) is 15.8 Å². The SMILES string of the molecule is C=CC[C@H](CCOCc1ccc(OC)cc1)O[Si](C)(C)C(C)(C)C. The third kappa shape index (κ3) is 6.79. The zero-order chi connectivity index (χ0) is 18.2. The number of methoxy groups -OCH3 is 1. The van der Waals surface area contributed by atoms with Gasteiger partial charge in [-0.1, -0.05) is 39.0 Å². The van der Waals surface area contributed by atoms with E-state index in [9.17, 15) is 0 Å². The minimum absolute atomic E-state index is 0.194. The summed E-state index contributed by atoms with van der Waals surface area (Å²) >= 11 is 0. The highest BCUT2D eigenvalue weighted by Crippen LogP contribution is 2.38. The Labute approximate surface area is 149 Å². The molecule has 24 heavy (non-hydrogen) atoms. The smallest absolute Gasteiger partial charge is 0.192 e. The van der Waals surface area contributed by atoms with Crippen LogP contribution in [0.5, 0.6) is 5.75 Å². The van der Waals surface area contributed by atoms with Gasteiger partial charge in [0.25, 0.3) is 0 Å². The van der Waals surface area contributed by atoms with E-state index in [2.05, 4.69) is 40.4 Å². The first-order valence-corrected chi connectivity index (χ1v) is 11.6. The van der Waals surface area contributed by atoms with Crippen LogP contribution in [0.25, 0.3) is 0 Å². The lowest BCUT2D eigenvalue weighted by Gasteiger charge is -2.39. The van der Waals surface area contributed by atoms with Gasteiger partial charge in [0, 0.05) is 6.61 Å². The zero-order valence-electron chi connectivity index (χ0n) is 16.2. The summed E-state index contributed by atoms with van der Waals surface area (Å²) in [6.07, 6.45) is 3.91. The van der Waals surface area contributed by atoms with Crippen LogP contribution in [0.3, 0.4) is 0 Å². The van der Waals surface area contributed by atoms with Crippen molar-refractivity contribution in [2.24, 2.45) is 0 Å². The van der Waals surface area contributed by atoms with Gasteiger partial charge in [-0.3, -0.25) is 0 Å². The maximum Gasteiger partial charge on any atom is 0.192 e. The van der Waals surface area contributed by atoms with Crippen molar-refractivity contribution >= 4 is 8.32 Å². The van der Waals surface area contributed by atoms with Gasteiger partial charge in [-0.25, -0.2) is 0 Å². The zero-order valence-corrected chi connectivity index (χ0v) is 17.2. The summed E-state index contributed by atoms with van der Waals surface area (Å²) in [6.45, 7) is 16.6. The third-order valence-electron chi connectivity index (χ3n) is 4.71. The molecule has 0 radical (unpaired) electrons. The van der Waals surface area contributed by atoms with Crippen LogP contribution in [0.2, 0.25) is 18.1 Å². The maximum atomic E-state index is 6.50. The lowest BCUT2D eigenvalue weighted by atomic mass is 10.2. The topological polar surface area (TPSA) is 27.7 Å². The molecule has 136 valence electrons. The maximum absolute atomic E-state index is 6.50. The highest BCUT2D eigenvalue weighted by molar-refractivity contribution is 6.74. The Hall–Kier alpha value is -1.10. The standard InChI is InChI=1S/C20H34O3Si/c1-8-9-19(23-24(6,7)20(2,3)4)14-15-22-16-17-10-12-18(21-5)13-11-17/h8,10-13,19H,1,9,14-16H2,2-7H3/t19-/m1/s1. The van der Waals surface area contributed by atoms with Crippen LogP contribution in [0, 0.1) is 0 Å². The number of hydrogen-bond donors (Lipinski definition) is 0. The Balaban J connectivity index is 2.44. The van der Waals surface area contributed by atoms with Gasteiger partial charge in [0.2, 0.25) is 0 Å². The molecular weight excluding hydrogens is 316 g/mol. The average molecular weight is 351 g/mol. The molecule has 4 heteroatoms. The first-order chi connectivity index (χ1) is 11.2. The molecule has 0 saturated heterocycles. The fourth-order valence-electron chi connectivity index (χ4n) is 2.13. The molecular formula is C20H34O3Si. The molecule has 3 nitrogen and oxygen atoms in total. The van der Waals surface area contributed by atoms with Gasteiger partial charge in [-0.15, -0.1) is 6.58 Å². The second kappa shape index (κ2) is 9.40. The molecule has 0 aliphatic rings. The first-order valence-electron chi connectivity index (χ1n) is 8.69. The van der Waals surface area contributed by atoms with Gasteiger partial charge in [-0.2, -0.15) is 0 Å². The van der Waals surface area contributed by atoms with Gasteiger partial charge in [0.1, 0.15) is 5.75 Å². The number of rotatable bonds is 10. The van der Waals surface area contributed by atoms with E-state index in [-0.39, 0.29) is 11.1 Å². The Morgan fingerprint density at radius 2 is 1.79 bits per heavy atom. The second-order valence-electron chi connectivity index (χ2n) is 7.71. The number of benzene rings is 1. The van der Waals surface area contributed by atoms with E-state index >= 15 is 0 Å². The van der Waals surface area contributed by atoms with Gasteiger partial charge < -0.3 is 13.9 Å². The molecule has 0 bridgehead atoms. The van der Waals surface area contributed by atoms with Gasteiger partial charge in [0.05, 0.1) is 19.8 Å². The van der Waals surface area contributed by atoms with Crippen molar-refractivity contribution in [2.45, 2.75) is 64.5 Å². The molecule has 0 heterocycles. The van der Waals surface area contributed by atoms with E-state index in [1.165, 1.54) is 0 Å². The van der Waals surface area contributed by atoms with E-state index in [0.717, 1.165) is 24.2 Å². The third-order valence-corrected chi connectivity index (χ3v) is 9.24. The molecule has 0 spiro atoms. The summed E-state index contributed by atoms with van der Waals surface area (Å²) in [4.78, 5) is 0. The minimum atomic E-state index is -1.76. The van der Waals surface area contributed by atoms with Crippen molar-refractivity contribution in [3.63, 3.8) is 0 Å². The molecule has 0 aliphatic carbocycles. The van der Waals surface area contributed by atoms with E-state index in [1.807, 2.05) is 30.3 Å². The van der Waals surface area contributed by atoms with Crippen molar-refractivity contribution in [1.82, 2.24) is 0 Å². The molecule has 0 unspecified atom stereocenters. The number of ether oxygens (including phenoxy) is 2. The van der Waals surface area contributed by atoms with Gasteiger partial charge >= 0.3 is 0 Å². The largest absolute Gasteiger partial charge is 0.497 e. The molecule has 0 aliphatic heterocycles. The molecule has 0 saturated carbocycles. The average Bonchev–Trinajstić information content (AvgIpc) is 2.51. The van der Waals surface area contributed by atoms with Crippen LogP contribution in [0.1, 0.15) is 39.2 Å². The molecule has 1 aromatic carbocycles. The Bertz CT molecular complexity index is 489. The Morgan fingerprint density at radius 3 is 2.29 bits per heavy atom. The summed E-state index contributed by atoms with van der Waals surface area (Å²) in [7, 11) is -0.0829. The Morgan fingerprint density at radius 1 is 1.17 bits per heavy atom. The first kappa shape index (κ1) is 20.9. The van der Waals surface area contributed by atoms with E-state index in [4.69, 9.17) is 13.9 Å². The fourth-order valence-corrected chi connectivity index (χ4v) is 3.53. The quantitative estimate of drug-likeness (QED) is 0.314. The van der Waals surface area contributed by atoms with E-state index in [1.54, 1.807) is 7.11 Å². The van der Waals surface area contributed by atoms with Crippen molar-refractivity contribution in [1.29, 1.82) is 0 Å². The highest BCUT2D eigenvalue weighted by atomic mass is 28.4. The van der Waals surface area contributed by atoms with Crippen molar-refractivity contribution in [3.8, 4) is 5.75 Å². The summed E-state index contributed by atoms with van der Waals surface area (Å²) in [5.74, 6) is 0.868. The predicted octanol–water partition coefficient (Wildman–Crippen LogP) is 5.57. The van der Waals surface area contributed by atoms with Crippen molar-refractivity contribution in [3.05, 3.63) is 42.5 Å². The van der Waals surface area contributed by atoms with Crippen LogP contribution >= 0.6 is 0 Å². The molecule has 0 aromatic heterocycles. The van der Waals surface area contributed by atoms with Crippen LogP contribution < -0.4 is 4.74 Å². The summed E-state index contributed by atoms with van der Waals surface area (Å²) < 4.78 is 17.5. The molecule has 0 amide bonds. The summed E-state index contributed by atoms with van der Waals surface area (Å²) in [5, 5.41) is 0.219. The van der Waals surface area contributed by atoms with Crippen molar-refractivity contribution < 1.29 is 13.9 Å². The molecule has 1 rings (SSSR count). The molecule has 0 N–H and O–H groups in total. The van der Waals surface area contributed by atoms with Gasteiger partial charge in [-0.05, 0) is 48.7 Å². The molecule has 0 fully saturated rings. The monoisotopic (exact) mass is 350 g/mol. The molecule has 1 aromatic rings. The Kier molecular flexibility index (Phi) is 8.20. The second-order valence-corrected chi connectivity index (χ2v) is 12.5. The lowest BCUT2D eigenvalue weighted by Crippen LogP contribution is -2.44. The van der Waals surface area contributed by atoms with Crippen LogP contribution in [0.4, 0.5) is 0 Å². The lowest BCUT2D eigenvalue weighted by molar-refractivity contribution is 0.0783. The predicted molar refractivity (Wildman–Crippen MR) is 104 cm³/mol. The normalized spacial score (nSPS) is 13.6.